The van der Waals surface area contributed by atoms with Gasteiger partial charge in [0.05, 0.1) is 5.10 Å². The van der Waals surface area contributed by atoms with Crippen LogP contribution in [0.3, 0.4) is 0 Å². The first-order chi connectivity index (χ1) is 10.9. The van der Waals surface area contributed by atoms with Crippen molar-refractivity contribution in [3.05, 3.63) is 53.7 Å². The van der Waals surface area contributed by atoms with Gasteiger partial charge in [-0.15, -0.1) is 0 Å². The third kappa shape index (κ3) is 3.14. The van der Waals surface area contributed by atoms with Crippen molar-refractivity contribution < 1.29 is 13.0 Å². The highest BCUT2D eigenvalue weighted by Crippen LogP contribution is 2.22. The van der Waals surface area contributed by atoms with Crippen molar-refractivity contribution in [2.24, 2.45) is 5.14 Å². The Labute approximate surface area is 138 Å². The summed E-state index contributed by atoms with van der Waals surface area (Å²) in [5, 5.41) is 13.3. The topological polar surface area (TPSA) is 89.8 Å². The molecule has 0 aliphatic heterocycles. The number of pyridine rings is 1. The van der Waals surface area contributed by atoms with Crippen LogP contribution < -0.4 is 9.71 Å². The lowest BCUT2D eigenvalue weighted by atomic mass is 10.1. The van der Waals surface area contributed by atoms with E-state index in [2.05, 4.69) is 10.2 Å². The molecule has 0 spiro atoms. The minimum atomic E-state index is -3.86. The number of nitrogens with two attached hydrogens (primary N) is 1. The summed E-state index contributed by atoms with van der Waals surface area (Å²) in [7, 11) is -3.86. The molecule has 0 saturated carbocycles. The number of aromatic nitrogens is 3. The number of rotatable bonds is 3. The van der Waals surface area contributed by atoms with E-state index in [0.717, 1.165) is 33.9 Å². The zero-order valence-corrected chi connectivity index (χ0v) is 14.2. The van der Waals surface area contributed by atoms with E-state index in [1.807, 2.05) is 60.9 Å². The number of sulfonamides is 1. The highest BCUT2D eigenvalue weighted by Gasteiger charge is 2.26. The molecule has 0 unspecified atom stereocenters. The van der Waals surface area contributed by atoms with Crippen LogP contribution in [0.1, 0.15) is 11.3 Å². The van der Waals surface area contributed by atoms with Gasteiger partial charge >= 0.3 is 5.13 Å². The standard InChI is InChI=1S/C15H15N4O2S2/c1-10-8-11(2)19(13(9-10)12-6-4-3-5-7-12)14-17-18-15(22-14)23(16,20)21/h3-9H,1-2H3,(H2,16,20,21)/q+1. The molecule has 0 radical (unpaired) electrons. The molecule has 0 atom stereocenters. The first-order valence-electron chi connectivity index (χ1n) is 6.81. The van der Waals surface area contributed by atoms with Crippen LogP contribution >= 0.6 is 11.3 Å². The predicted octanol–water partition coefficient (Wildman–Crippen LogP) is 1.75. The second-order valence-corrected chi connectivity index (χ2v) is 7.85. The van der Waals surface area contributed by atoms with Crippen molar-refractivity contribution >= 4 is 21.4 Å². The molecule has 0 aliphatic carbocycles. The minimum Gasteiger partial charge on any atom is -0.222 e. The van der Waals surface area contributed by atoms with Crippen molar-refractivity contribution in [3.8, 4) is 16.4 Å². The Kier molecular flexibility index (Phi) is 3.97. The minimum absolute atomic E-state index is 0.195. The van der Waals surface area contributed by atoms with Gasteiger partial charge in [0.2, 0.25) is 0 Å². The Hall–Kier alpha value is -2.16. The quantitative estimate of drug-likeness (QED) is 0.731. The fraction of sp³-hybridized carbons (Fsp3) is 0.133. The number of aryl methyl sites for hydroxylation is 2. The lowest BCUT2D eigenvalue weighted by molar-refractivity contribution is -0.591. The second kappa shape index (κ2) is 5.80. The first-order valence-corrected chi connectivity index (χ1v) is 9.18. The average molecular weight is 347 g/mol. The van der Waals surface area contributed by atoms with Crippen LogP contribution in [0.25, 0.3) is 16.4 Å². The van der Waals surface area contributed by atoms with E-state index in [4.69, 9.17) is 5.14 Å². The molecule has 3 rings (SSSR count). The summed E-state index contributed by atoms with van der Waals surface area (Å²) in [6.45, 7) is 3.96. The molecule has 2 N–H and O–H groups in total. The van der Waals surface area contributed by atoms with Crippen LogP contribution in [-0.4, -0.2) is 18.6 Å². The SMILES string of the molecule is Cc1cc(C)[n+](-c2nnc(S(N)(=O)=O)s2)c(-c2ccccc2)c1. The van der Waals surface area contributed by atoms with Gasteiger partial charge in [-0.05, 0) is 48.0 Å². The van der Waals surface area contributed by atoms with Gasteiger partial charge in [0.25, 0.3) is 14.4 Å². The smallest absolute Gasteiger partial charge is 0.222 e. The second-order valence-electron chi connectivity index (χ2n) is 5.16. The van der Waals surface area contributed by atoms with E-state index in [1.165, 1.54) is 0 Å². The van der Waals surface area contributed by atoms with Gasteiger partial charge in [0.1, 0.15) is 11.4 Å². The molecular formula is C15H15N4O2S2+. The fourth-order valence-corrected chi connectivity index (χ4v) is 3.88. The van der Waals surface area contributed by atoms with E-state index >= 15 is 0 Å². The number of benzene rings is 1. The molecule has 118 valence electrons. The van der Waals surface area contributed by atoms with Crippen LogP contribution in [0.2, 0.25) is 0 Å². The maximum absolute atomic E-state index is 11.4. The van der Waals surface area contributed by atoms with Crippen LogP contribution in [-0.2, 0) is 10.0 Å². The van der Waals surface area contributed by atoms with Crippen LogP contribution in [0.4, 0.5) is 0 Å². The zero-order valence-electron chi connectivity index (χ0n) is 12.6. The van der Waals surface area contributed by atoms with E-state index in [-0.39, 0.29) is 4.34 Å². The highest BCUT2D eigenvalue weighted by molar-refractivity contribution is 7.91. The van der Waals surface area contributed by atoms with Crippen LogP contribution in [0.5, 0.6) is 0 Å². The largest absolute Gasteiger partial charge is 0.416 e. The Bertz CT molecular complexity index is 966. The van der Waals surface area contributed by atoms with Crippen LogP contribution in [0, 0.1) is 13.8 Å². The van der Waals surface area contributed by atoms with E-state index in [0.29, 0.717) is 5.13 Å². The van der Waals surface area contributed by atoms with Crippen LogP contribution in [0.15, 0.2) is 46.8 Å². The molecule has 8 heteroatoms. The lowest BCUT2D eigenvalue weighted by Gasteiger charge is -2.08. The lowest BCUT2D eigenvalue weighted by Crippen LogP contribution is -2.37. The maximum atomic E-state index is 11.4. The van der Waals surface area contributed by atoms with Crippen molar-refractivity contribution in [1.29, 1.82) is 0 Å². The van der Waals surface area contributed by atoms with E-state index in [9.17, 15) is 8.42 Å². The predicted molar refractivity (Wildman–Crippen MR) is 87.7 cm³/mol. The summed E-state index contributed by atoms with van der Waals surface area (Å²) in [5.74, 6) is 0. The Balaban J connectivity index is 2.25. The molecule has 2 aromatic heterocycles. The summed E-state index contributed by atoms with van der Waals surface area (Å²) in [5.41, 5.74) is 3.96. The number of hydrogen-bond donors (Lipinski definition) is 1. The molecular weight excluding hydrogens is 332 g/mol. The van der Waals surface area contributed by atoms with E-state index < -0.39 is 10.0 Å². The van der Waals surface area contributed by atoms with Crippen molar-refractivity contribution in [2.45, 2.75) is 18.2 Å². The molecule has 0 aliphatic rings. The fourth-order valence-electron chi connectivity index (χ4n) is 2.39. The molecule has 1 aromatic carbocycles. The van der Waals surface area contributed by atoms with Gasteiger partial charge in [-0.25, -0.2) is 13.6 Å². The number of primary sulfonamides is 1. The van der Waals surface area contributed by atoms with Gasteiger partial charge in [-0.1, -0.05) is 30.3 Å². The van der Waals surface area contributed by atoms with Gasteiger partial charge in [-0.3, -0.25) is 0 Å². The number of nitrogens with zero attached hydrogens (tertiary/aromatic N) is 3. The summed E-state index contributed by atoms with van der Waals surface area (Å²) in [6, 6.07) is 13.9. The monoisotopic (exact) mass is 347 g/mol. The van der Waals surface area contributed by atoms with Crippen molar-refractivity contribution in [2.75, 3.05) is 0 Å². The van der Waals surface area contributed by atoms with Gasteiger partial charge in [0.15, 0.2) is 0 Å². The van der Waals surface area contributed by atoms with Gasteiger partial charge < -0.3 is 0 Å². The summed E-state index contributed by atoms with van der Waals surface area (Å²) < 4.78 is 24.6. The summed E-state index contributed by atoms with van der Waals surface area (Å²) in [6.07, 6.45) is 0. The molecule has 2 heterocycles. The van der Waals surface area contributed by atoms with Gasteiger partial charge in [-0.2, -0.15) is 4.57 Å². The number of hydrogen-bond acceptors (Lipinski definition) is 5. The third-order valence-corrected chi connectivity index (χ3v) is 5.51. The summed E-state index contributed by atoms with van der Waals surface area (Å²) >= 11 is 0.950. The normalized spacial score (nSPS) is 11.6. The third-order valence-electron chi connectivity index (χ3n) is 3.29. The molecule has 3 aromatic rings. The van der Waals surface area contributed by atoms with Crippen molar-refractivity contribution in [1.82, 2.24) is 10.2 Å². The zero-order chi connectivity index (χ0) is 16.6. The molecule has 0 saturated heterocycles. The van der Waals surface area contributed by atoms with Crippen molar-refractivity contribution in [3.63, 3.8) is 0 Å². The Morgan fingerprint density at radius 1 is 1.09 bits per heavy atom. The van der Waals surface area contributed by atoms with E-state index in [1.54, 1.807) is 0 Å². The maximum Gasteiger partial charge on any atom is 0.416 e. The Morgan fingerprint density at radius 3 is 2.39 bits per heavy atom. The first kappa shape index (κ1) is 15.7. The molecule has 23 heavy (non-hydrogen) atoms. The molecule has 0 amide bonds. The summed E-state index contributed by atoms with van der Waals surface area (Å²) in [4.78, 5) is 0. The molecule has 6 nitrogen and oxygen atoms in total. The average Bonchev–Trinajstić information content (AvgIpc) is 2.97. The molecule has 0 fully saturated rings. The highest BCUT2D eigenvalue weighted by atomic mass is 32.2. The molecule has 0 bridgehead atoms. The van der Waals surface area contributed by atoms with Gasteiger partial charge in [0, 0.05) is 5.56 Å². The Morgan fingerprint density at radius 2 is 1.78 bits per heavy atom.